The lowest BCUT2D eigenvalue weighted by atomic mass is 9.99. The van der Waals surface area contributed by atoms with Crippen molar-refractivity contribution in [2.24, 2.45) is 0 Å². The number of aryl methyl sites for hydroxylation is 3. The number of benzene rings is 2. The maximum absolute atomic E-state index is 11.7. The lowest BCUT2D eigenvalue weighted by Crippen LogP contribution is -2.01. The van der Waals surface area contributed by atoms with Crippen LogP contribution in [-0.2, 0) is 6.42 Å². The van der Waals surface area contributed by atoms with Gasteiger partial charge in [0.15, 0.2) is 0 Å². The van der Waals surface area contributed by atoms with Gasteiger partial charge in [-0.25, -0.2) is 9.78 Å². The first kappa shape index (κ1) is 15.2. The van der Waals surface area contributed by atoms with Gasteiger partial charge in [0.25, 0.3) is 0 Å². The molecule has 2 aromatic carbocycles. The molecule has 0 unspecified atom stereocenters. The Morgan fingerprint density at radius 2 is 1.78 bits per heavy atom. The molecule has 0 saturated heterocycles. The highest BCUT2D eigenvalue weighted by molar-refractivity contribution is 6.04. The summed E-state index contributed by atoms with van der Waals surface area (Å²) in [4.78, 5) is 16.4. The Balaban J connectivity index is 2.27. The molecule has 0 radical (unpaired) electrons. The smallest absolute Gasteiger partial charge is 0.336 e. The molecule has 0 aliphatic rings. The van der Waals surface area contributed by atoms with Crippen molar-refractivity contribution in [3.05, 3.63) is 64.7 Å². The quantitative estimate of drug-likeness (QED) is 0.757. The number of aromatic carboxylic acids is 1. The number of hydrogen-bond acceptors (Lipinski definition) is 2. The topological polar surface area (TPSA) is 50.2 Å². The molecule has 3 aromatic rings. The molecule has 116 valence electrons. The van der Waals surface area contributed by atoms with Crippen LogP contribution < -0.4 is 0 Å². The summed E-state index contributed by atoms with van der Waals surface area (Å²) in [5.41, 5.74) is 5.98. The molecule has 1 heterocycles. The van der Waals surface area contributed by atoms with E-state index in [-0.39, 0.29) is 0 Å². The van der Waals surface area contributed by atoms with Gasteiger partial charge < -0.3 is 5.11 Å². The summed E-state index contributed by atoms with van der Waals surface area (Å²) < 4.78 is 0. The van der Waals surface area contributed by atoms with Gasteiger partial charge in [-0.15, -0.1) is 0 Å². The van der Waals surface area contributed by atoms with Crippen molar-refractivity contribution in [3.8, 4) is 11.3 Å². The number of fused-ring (bicyclic) bond motifs is 1. The fraction of sp³-hybridized carbons (Fsp3) is 0.200. The van der Waals surface area contributed by atoms with E-state index in [9.17, 15) is 9.90 Å². The summed E-state index contributed by atoms with van der Waals surface area (Å²) in [6.45, 7) is 6.05. The van der Waals surface area contributed by atoms with E-state index in [1.807, 2.05) is 38.1 Å². The van der Waals surface area contributed by atoms with Crippen molar-refractivity contribution < 1.29 is 9.90 Å². The van der Waals surface area contributed by atoms with Gasteiger partial charge in [-0.1, -0.05) is 42.8 Å². The third-order valence-electron chi connectivity index (χ3n) is 4.14. The summed E-state index contributed by atoms with van der Waals surface area (Å²) in [6, 6.07) is 13.7. The van der Waals surface area contributed by atoms with Gasteiger partial charge in [0.1, 0.15) is 0 Å². The molecule has 3 heteroatoms. The van der Waals surface area contributed by atoms with Crippen LogP contribution in [0.5, 0.6) is 0 Å². The highest BCUT2D eigenvalue weighted by Gasteiger charge is 2.14. The number of rotatable bonds is 3. The second kappa shape index (κ2) is 5.84. The van der Waals surface area contributed by atoms with Crippen molar-refractivity contribution in [3.63, 3.8) is 0 Å². The molecule has 0 spiro atoms. The lowest BCUT2D eigenvalue weighted by Gasteiger charge is -2.10. The van der Waals surface area contributed by atoms with E-state index < -0.39 is 5.97 Å². The van der Waals surface area contributed by atoms with Crippen molar-refractivity contribution in [1.82, 2.24) is 4.98 Å². The molecule has 3 nitrogen and oxygen atoms in total. The standard InChI is InChI=1S/C20H19NO2/c1-4-14-5-7-15(8-6-14)18-11-17(20(22)23)16-10-12(2)9-13(3)19(16)21-18/h5-11H,4H2,1-3H3,(H,22,23). The fourth-order valence-corrected chi connectivity index (χ4v) is 2.92. The van der Waals surface area contributed by atoms with Crippen LogP contribution in [0.15, 0.2) is 42.5 Å². The normalized spacial score (nSPS) is 10.9. The molecule has 1 aromatic heterocycles. The molecule has 0 amide bonds. The SMILES string of the molecule is CCc1ccc(-c2cc(C(=O)O)c3cc(C)cc(C)c3n2)cc1. The Morgan fingerprint density at radius 1 is 1.09 bits per heavy atom. The zero-order valence-corrected chi connectivity index (χ0v) is 13.6. The van der Waals surface area contributed by atoms with Gasteiger partial charge in [-0.3, -0.25) is 0 Å². The maximum Gasteiger partial charge on any atom is 0.336 e. The van der Waals surface area contributed by atoms with E-state index in [0.717, 1.165) is 28.6 Å². The molecule has 0 atom stereocenters. The monoisotopic (exact) mass is 305 g/mol. The Labute approximate surface area is 135 Å². The first-order valence-corrected chi connectivity index (χ1v) is 7.74. The minimum absolute atomic E-state index is 0.302. The minimum atomic E-state index is -0.922. The predicted molar refractivity (Wildman–Crippen MR) is 93.0 cm³/mol. The Kier molecular flexibility index (Phi) is 3.87. The molecular weight excluding hydrogens is 286 g/mol. The molecule has 0 saturated carbocycles. The Hall–Kier alpha value is -2.68. The van der Waals surface area contributed by atoms with Gasteiger partial charge in [0, 0.05) is 10.9 Å². The van der Waals surface area contributed by atoms with Crippen LogP contribution >= 0.6 is 0 Å². The van der Waals surface area contributed by atoms with Crippen molar-refractivity contribution in [2.75, 3.05) is 0 Å². The summed E-state index contributed by atoms with van der Waals surface area (Å²) >= 11 is 0. The number of carbonyl (C=O) groups is 1. The predicted octanol–water partition coefficient (Wildman–Crippen LogP) is 4.78. The second-order valence-corrected chi connectivity index (χ2v) is 5.89. The van der Waals surface area contributed by atoms with Crippen LogP contribution in [0.25, 0.3) is 22.2 Å². The van der Waals surface area contributed by atoms with Gasteiger partial charge in [-0.05, 0) is 43.5 Å². The molecule has 0 aliphatic heterocycles. The molecule has 1 N–H and O–H groups in total. The minimum Gasteiger partial charge on any atom is -0.478 e. The van der Waals surface area contributed by atoms with Crippen LogP contribution in [0.2, 0.25) is 0 Å². The summed E-state index contributed by atoms with van der Waals surface area (Å²) in [5, 5.41) is 10.3. The maximum atomic E-state index is 11.7. The highest BCUT2D eigenvalue weighted by atomic mass is 16.4. The van der Waals surface area contributed by atoms with E-state index in [2.05, 4.69) is 19.1 Å². The zero-order valence-electron chi connectivity index (χ0n) is 13.6. The van der Waals surface area contributed by atoms with E-state index in [1.165, 1.54) is 5.56 Å². The Bertz CT molecular complexity index is 896. The lowest BCUT2D eigenvalue weighted by molar-refractivity contribution is 0.0699. The van der Waals surface area contributed by atoms with E-state index in [4.69, 9.17) is 4.98 Å². The summed E-state index contributed by atoms with van der Waals surface area (Å²) in [5.74, 6) is -0.922. The number of carboxylic acids is 1. The first-order chi connectivity index (χ1) is 11.0. The number of hydrogen-bond donors (Lipinski definition) is 1. The fourth-order valence-electron chi connectivity index (χ4n) is 2.92. The molecule has 23 heavy (non-hydrogen) atoms. The van der Waals surface area contributed by atoms with Crippen LogP contribution in [-0.4, -0.2) is 16.1 Å². The van der Waals surface area contributed by atoms with Gasteiger partial charge >= 0.3 is 5.97 Å². The average molecular weight is 305 g/mol. The Morgan fingerprint density at radius 3 is 2.39 bits per heavy atom. The van der Waals surface area contributed by atoms with E-state index in [1.54, 1.807) is 6.07 Å². The van der Waals surface area contributed by atoms with Gasteiger partial charge in [0.05, 0.1) is 16.8 Å². The third kappa shape index (κ3) is 2.82. The van der Waals surface area contributed by atoms with Crippen LogP contribution in [0.1, 0.15) is 34.0 Å². The van der Waals surface area contributed by atoms with Crippen molar-refractivity contribution >= 4 is 16.9 Å². The number of pyridine rings is 1. The van der Waals surface area contributed by atoms with Gasteiger partial charge in [0.2, 0.25) is 0 Å². The van der Waals surface area contributed by atoms with Crippen LogP contribution in [0, 0.1) is 13.8 Å². The third-order valence-corrected chi connectivity index (χ3v) is 4.14. The average Bonchev–Trinajstić information content (AvgIpc) is 2.54. The van der Waals surface area contributed by atoms with E-state index in [0.29, 0.717) is 16.6 Å². The molecule has 3 rings (SSSR count). The molecular formula is C20H19NO2. The summed E-state index contributed by atoms with van der Waals surface area (Å²) in [7, 11) is 0. The van der Waals surface area contributed by atoms with Gasteiger partial charge in [-0.2, -0.15) is 0 Å². The number of carboxylic acid groups (broad SMARTS) is 1. The van der Waals surface area contributed by atoms with Crippen LogP contribution in [0.4, 0.5) is 0 Å². The van der Waals surface area contributed by atoms with Crippen molar-refractivity contribution in [2.45, 2.75) is 27.2 Å². The van der Waals surface area contributed by atoms with Crippen LogP contribution in [0.3, 0.4) is 0 Å². The van der Waals surface area contributed by atoms with E-state index >= 15 is 0 Å². The molecule has 0 fully saturated rings. The second-order valence-electron chi connectivity index (χ2n) is 5.89. The molecule has 0 aliphatic carbocycles. The molecule has 0 bridgehead atoms. The number of nitrogens with zero attached hydrogens (tertiary/aromatic N) is 1. The largest absolute Gasteiger partial charge is 0.478 e. The first-order valence-electron chi connectivity index (χ1n) is 7.74. The number of aromatic nitrogens is 1. The summed E-state index contributed by atoms with van der Waals surface area (Å²) in [6.07, 6.45) is 0.976. The zero-order chi connectivity index (χ0) is 16.6. The van der Waals surface area contributed by atoms with Crippen molar-refractivity contribution in [1.29, 1.82) is 0 Å². The highest BCUT2D eigenvalue weighted by Crippen LogP contribution is 2.28.